The molecule has 5 nitrogen and oxygen atoms in total. The van der Waals surface area contributed by atoms with Gasteiger partial charge in [-0.05, 0) is 29.9 Å². The average molecular weight is 253 g/mol. The average Bonchev–Trinajstić information content (AvgIpc) is 2.29. The number of carboxylic acid groups (broad SMARTS) is 1. The van der Waals surface area contributed by atoms with Gasteiger partial charge in [0, 0.05) is 6.07 Å². The minimum atomic E-state index is -1.30. The van der Waals surface area contributed by atoms with E-state index in [4.69, 9.17) is 5.11 Å². The van der Waals surface area contributed by atoms with E-state index in [9.17, 15) is 14.9 Å². The molecule has 0 amide bonds. The molecule has 1 N–H and O–H groups in total. The summed E-state index contributed by atoms with van der Waals surface area (Å²) < 4.78 is 0. The number of nitro groups is 1. The quantitative estimate of drug-likeness (QED) is 0.480. The summed E-state index contributed by atoms with van der Waals surface area (Å²) in [5.41, 5.74) is -0.0818. The first-order valence-corrected chi connectivity index (χ1v) is 5.48. The van der Waals surface area contributed by atoms with E-state index in [0.29, 0.717) is 11.3 Å². The van der Waals surface area contributed by atoms with Crippen molar-refractivity contribution in [3.63, 3.8) is 0 Å². The molecule has 0 aliphatic rings. The molecular formula is C11H11NO4S. The van der Waals surface area contributed by atoms with Crippen LogP contribution in [0.1, 0.15) is 22.3 Å². The van der Waals surface area contributed by atoms with Gasteiger partial charge in [0.1, 0.15) is 5.56 Å². The standard InChI is InChI=1S/C11H11NO4S/c13-11(14)9-7-8(3-1-2-6-17)4-5-10(9)12(15)16/h1,3-5,7,17H,2,6H2,(H,13,14). The summed E-state index contributed by atoms with van der Waals surface area (Å²) in [5, 5.41) is 19.5. The number of nitro benzene ring substituents is 1. The molecule has 0 radical (unpaired) electrons. The summed E-state index contributed by atoms with van der Waals surface area (Å²) in [6.07, 6.45) is 4.30. The molecule has 0 saturated heterocycles. The van der Waals surface area contributed by atoms with Crippen LogP contribution in [0.4, 0.5) is 5.69 Å². The van der Waals surface area contributed by atoms with Crippen molar-refractivity contribution in [1.82, 2.24) is 0 Å². The first-order valence-electron chi connectivity index (χ1n) is 4.85. The van der Waals surface area contributed by atoms with Crippen LogP contribution in [0.2, 0.25) is 0 Å². The van der Waals surface area contributed by atoms with Crippen molar-refractivity contribution < 1.29 is 14.8 Å². The Morgan fingerprint density at radius 1 is 1.53 bits per heavy atom. The molecule has 0 aliphatic carbocycles. The summed E-state index contributed by atoms with van der Waals surface area (Å²) >= 11 is 4.03. The Balaban J connectivity index is 3.10. The van der Waals surface area contributed by atoms with Gasteiger partial charge in [-0.15, -0.1) is 0 Å². The smallest absolute Gasteiger partial charge is 0.342 e. The zero-order chi connectivity index (χ0) is 12.8. The van der Waals surface area contributed by atoms with Gasteiger partial charge in [-0.25, -0.2) is 4.79 Å². The summed E-state index contributed by atoms with van der Waals surface area (Å²) in [6.45, 7) is 0. The number of nitrogens with zero attached hydrogens (tertiary/aromatic N) is 1. The number of carboxylic acids is 1. The number of thiol groups is 1. The Hall–Kier alpha value is -1.82. The van der Waals surface area contributed by atoms with Crippen molar-refractivity contribution in [3.05, 3.63) is 45.5 Å². The molecule has 0 saturated carbocycles. The Morgan fingerprint density at radius 2 is 2.24 bits per heavy atom. The molecule has 17 heavy (non-hydrogen) atoms. The molecule has 0 atom stereocenters. The number of rotatable bonds is 5. The molecule has 6 heteroatoms. The maximum atomic E-state index is 10.9. The Morgan fingerprint density at radius 3 is 2.76 bits per heavy atom. The first-order chi connectivity index (χ1) is 8.06. The third-order valence-corrected chi connectivity index (χ3v) is 2.31. The van der Waals surface area contributed by atoms with Crippen molar-refractivity contribution in [2.45, 2.75) is 6.42 Å². The summed E-state index contributed by atoms with van der Waals surface area (Å²) in [5.74, 6) is -0.615. The molecular weight excluding hydrogens is 242 g/mol. The van der Waals surface area contributed by atoms with Gasteiger partial charge in [-0.3, -0.25) is 10.1 Å². The highest BCUT2D eigenvalue weighted by molar-refractivity contribution is 7.80. The Bertz CT molecular complexity index is 471. The van der Waals surface area contributed by atoms with Crippen molar-refractivity contribution in [1.29, 1.82) is 0 Å². The van der Waals surface area contributed by atoms with Crippen LogP contribution in [0.15, 0.2) is 24.3 Å². The second-order valence-corrected chi connectivity index (χ2v) is 3.70. The van der Waals surface area contributed by atoms with Gasteiger partial charge in [-0.2, -0.15) is 12.6 Å². The predicted octanol–water partition coefficient (Wildman–Crippen LogP) is 2.63. The number of benzene rings is 1. The normalized spacial score (nSPS) is 10.6. The van der Waals surface area contributed by atoms with Crippen molar-refractivity contribution in [3.8, 4) is 0 Å². The third kappa shape index (κ3) is 3.60. The van der Waals surface area contributed by atoms with Crippen LogP contribution >= 0.6 is 12.6 Å². The summed E-state index contributed by atoms with van der Waals surface area (Å²) in [6, 6.07) is 4.00. The first kappa shape index (κ1) is 13.2. The van der Waals surface area contributed by atoms with Crippen molar-refractivity contribution in [2.75, 3.05) is 5.75 Å². The zero-order valence-electron chi connectivity index (χ0n) is 8.87. The van der Waals surface area contributed by atoms with Crippen LogP contribution in [0.5, 0.6) is 0 Å². The van der Waals surface area contributed by atoms with Gasteiger partial charge in [0.05, 0.1) is 4.92 Å². The van der Waals surface area contributed by atoms with Crippen LogP contribution in [0.3, 0.4) is 0 Å². The fourth-order valence-electron chi connectivity index (χ4n) is 1.28. The highest BCUT2D eigenvalue weighted by Gasteiger charge is 2.19. The maximum absolute atomic E-state index is 10.9. The number of allylic oxidation sites excluding steroid dienone is 1. The van der Waals surface area contributed by atoms with Crippen LogP contribution in [-0.4, -0.2) is 21.8 Å². The van der Waals surface area contributed by atoms with Gasteiger partial charge in [0.2, 0.25) is 0 Å². The van der Waals surface area contributed by atoms with E-state index in [2.05, 4.69) is 12.6 Å². The SMILES string of the molecule is O=C(O)c1cc(C=CCCS)ccc1[N+](=O)[O-]. The molecule has 1 aromatic carbocycles. The molecule has 0 heterocycles. The maximum Gasteiger partial charge on any atom is 0.342 e. The van der Waals surface area contributed by atoms with Gasteiger partial charge in [0.15, 0.2) is 0 Å². The topological polar surface area (TPSA) is 80.4 Å². The minimum absolute atomic E-state index is 0.303. The van der Waals surface area contributed by atoms with Crippen molar-refractivity contribution in [2.24, 2.45) is 0 Å². The van der Waals surface area contributed by atoms with Gasteiger partial charge >= 0.3 is 5.97 Å². The molecule has 0 aromatic heterocycles. The van der Waals surface area contributed by atoms with Crippen LogP contribution in [0.25, 0.3) is 6.08 Å². The largest absolute Gasteiger partial charge is 0.477 e. The molecule has 1 aromatic rings. The zero-order valence-corrected chi connectivity index (χ0v) is 9.76. The number of hydrogen-bond acceptors (Lipinski definition) is 4. The molecule has 0 bridgehead atoms. The molecule has 1 rings (SSSR count). The molecule has 0 aliphatic heterocycles. The summed E-state index contributed by atoms with van der Waals surface area (Å²) in [4.78, 5) is 20.8. The van der Waals surface area contributed by atoms with E-state index >= 15 is 0 Å². The second-order valence-electron chi connectivity index (χ2n) is 3.25. The predicted molar refractivity (Wildman–Crippen MR) is 67.6 cm³/mol. The van der Waals surface area contributed by atoms with Crippen LogP contribution in [-0.2, 0) is 0 Å². The minimum Gasteiger partial charge on any atom is -0.477 e. The number of aromatic carboxylic acids is 1. The Labute approximate surface area is 103 Å². The van der Waals surface area contributed by atoms with Gasteiger partial charge in [-0.1, -0.05) is 12.2 Å². The lowest BCUT2D eigenvalue weighted by Crippen LogP contribution is -2.02. The summed E-state index contributed by atoms with van der Waals surface area (Å²) in [7, 11) is 0. The highest BCUT2D eigenvalue weighted by atomic mass is 32.1. The molecule has 0 fully saturated rings. The van der Waals surface area contributed by atoms with Crippen molar-refractivity contribution >= 4 is 30.4 Å². The van der Waals surface area contributed by atoms with E-state index in [1.54, 1.807) is 6.08 Å². The van der Waals surface area contributed by atoms with Gasteiger partial charge < -0.3 is 5.11 Å². The lowest BCUT2D eigenvalue weighted by atomic mass is 10.1. The van der Waals surface area contributed by atoms with E-state index in [1.807, 2.05) is 6.08 Å². The van der Waals surface area contributed by atoms with E-state index in [0.717, 1.165) is 6.42 Å². The van der Waals surface area contributed by atoms with E-state index in [-0.39, 0.29) is 5.56 Å². The van der Waals surface area contributed by atoms with Crippen LogP contribution in [0, 0.1) is 10.1 Å². The number of hydrogen-bond donors (Lipinski definition) is 2. The molecule has 0 unspecified atom stereocenters. The molecule has 90 valence electrons. The number of carbonyl (C=O) groups is 1. The van der Waals surface area contributed by atoms with Crippen LogP contribution < -0.4 is 0 Å². The third-order valence-electron chi connectivity index (χ3n) is 2.05. The van der Waals surface area contributed by atoms with Gasteiger partial charge in [0.25, 0.3) is 5.69 Å². The highest BCUT2D eigenvalue weighted by Crippen LogP contribution is 2.20. The lowest BCUT2D eigenvalue weighted by Gasteiger charge is -1.99. The molecule has 0 spiro atoms. The Kier molecular flexibility index (Phi) is 4.71. The monoisotopic (exact) mass is 253 g/mol. The fraction of sp³-hybridized carbons (Fsp3) is 0.182. The van der Waals surface area contributed by atoms with E-state index in [1.165, 1.54) is 18.2 Å². The lowest BCUT2D eigenvalue weighted by molar-refractivity contribution is -0.385. The second kappa shape index (κ2) is 6.05. The fourth-order valence-corrected chi connectivity index (χ4v) is 1.43. The van der Waals surface area contributed by atoms with E-state index < -0.39 is 16.6 Å².